The lowest BCUT2D eigenvalue weighted by Gasteiger charge is -2.25. The van der Waals surface area contributed by atoms with Crippen molar-refractivity contribution in [2.24, 2.45) is 5.73 Å². The number of nitrogens with two attached hydrogens (primary N) is 1. The summed E-state index contributed by atoms with van der Waals surface area (Å²) in [6.45, 7) is 2.80. The van der Waals surface area contributed by atoms with Crippen molar-refractivity contribution in [3.63, 3.8) is 0 Å². The number of ether oxygens (including phenoxy) is 1. The molecule has 0 saturated carbocycles. The summed E-state index contributed by atoms with van der Waals surface area (Å²) in [4.78, 5) is 2.20. The third-order valence-electron chi connectivity index (χ3n) is 3.46. The number of halogens is 1. The van der Waals surface area contributed by atoms with E-state index >= 15 is 0 Å². The molecular weight excluding hydrogens is 328 g/mol. The van der Waals surface area contributed by atoms with Gasteiger partial charge in [-0.2, -0.15) is 0 Å². The Labute approximate surface area is 134 Å². The predicted octanol–water partition coefficient (Wildman–Crippen LogP) is 4.11. The Morgan fingerprint density at radius 3 is 2.43 bits per heavy atom. The molecule has 0 spiro atoms. The van der Waals surface area contributed by atoms with Gasteiger partial charge in [-0.25, -0.2) is 0 Å². The molecule has 0 saturated heterocycles. The van der Waals surface area contributed by atoms with Crippen LogP contribution in [0, 0.1) is 0 Å². The zero-order valence-corrected chi connectivity index (χ0v) is 14.2. The summed E-state index contributed by atoms with van der Waals surface area (Å²) in [6.07, 6.45) is 0. The van der Waals surface area contributed by atoms with Crippen molar-refractivity contribution < 1.29 is 4.74 Å². The van der Waals surface area contributed by atoms with Gasteiger partial charge < -0.3 is 15.4 Å². The van der Waals surface area contributed by atoms with Crippen LogP contribution in [-0.4, -0.2) is 14.2 Å². The van der Waals surface area contributed by atoms with Gasteiger partial charge in [0.25, 0.3) is 0 Å². The Hall–Kier alpha value is -1.52. The van der Waals surface area contributed by atoms with Crippen LogP contribution in [0.5, 0.6) is 5.75 Å². The number of rotatable bonds is 5. The summed E-state index contributed by atoms with van der Waals surface area (Å²) in [5, 5.41) is 0. The highest BCUT2D eigenvalue weighted by Gasteiger charge is 2.16. The maximum absolute atomic E-state index is 6.13. The molecule has 2 N–H and O–H groups in total. The zero-order valence-electron chi connectivity index (χ0n) is 12.6. The number of hydrogen-bond acceptors (Lipinski definition) is 3. The standard InChI is InChI=1S/C17H21BrN2O/c1-12(19)17-15(5-4-6-16(17)21-3)20(2)11-13-7-9-14(18)10-8-13/h4-10,12H,11,19H2,1-3H3/t12-/m1/s1. The van der Waals surface area contributed by atoms with Crippen molar-refractivity contribution in [2.75, 3.05) is 19.1 Å². The lowest BCUT2D eigenvalue weighted by molar-refractivity contribution is 0.407. The number of benzene rings is 2. The normalized spacial score (nSPS) is 12.0. The topological polar surface area (TPSA) is 38.5 Å². The zero-order chi connectivity index (χ0) is 15.4. The molecule has 4 heteroatoms. The third kappa shape index (κ3) is 3.77. The number of nitrogens with zero attached hydrogens (tertiary/aromatic N) is 1. The number of methoxy groups -OCH3 is 1. The van der Waals surface area contributed by atoms with E-state index in [4.69, 9.17) is 10.5 Å². The summed E-state index contributed by atoms with van der Waals surface area (Å²) in [5.41, 5.74) is 9.52. The highest BCUT2D eigenvalue weighted by Crippen LogP contribution is 2.33. The lowest BCUT2D eigenvalue weighted by atomic mass is 10.0. The van der Waals surface area contributed by atoms with Crippen molar-refractivity contribution in [2.45, 2.75) is 19.5 Å². The molecular formula is C17H21BrN2O. The molecule has 21 heavy (non-hydrogen) atoms. The summed E-state index contributed by atoms with van der Waals surface area (Å²) < 4.78 is 6.54. The van der Waals surface area contributed by atoms with Crippen LogP contribution in [0.15, 0.2) is 46.9 Å². The second-order valence-corrected chi connectivity index (χ2v) is 6.08. The minimum absolute atomic E-state index is 0.0801. The van der Waals surface area contributed by atoms with Gasteiger partial charge in [0.15, 0.2) is 0 Å². The molecule has 0 aliphatic carbocycles. The Bertz CT molecular complexity index is 596. The summed E-state index contributed by atoms with van der Waals surface area (Å²) >= 11 is 3.46. The van der Waals surface area contributed by atoms with Gasteiger partial charge in [-0.05, 0) is 36.8 Å². The predicted molar refractivity (Wildman–Crippen MR) is 91.8 cm³/mol. The van der Waals surface area contributed by atoms with Crippen LogP contribution >= 0.6 is 15.9 Å². The van der Waals surface area contributed by atoms with Gasteiger partial charge in [-0.1, -0.05) is 34.1 Å². The van der Waals surface area contributed by atoms with Crippen molar-refractivity contribution >= 4 is 21.6 Å². The van der Waals surface area contributed by atoms with Gasteiger partial charge in [0.2, 0.25) is 0 Å². The molecule has 3 nitrogen and oxygen atoms in total. The molecule has 0 aromatic heterocycles. The Balaban J connectivity index is 2.30. The first kappa shape index (κ1) is 15.9. The second kappa shape index (κ2) is 6.96. The van der Waals surface area contributed by atoms with Gasteiger partial charge in [0.05, 0.1) is 7.11 Å². The quantitative estimate of drug-likeness (QED) is 0.883. The maximum atomic E-state index is 6.13. The van der Waals surface area contributed by atoms with Gasteiger partial charge in [-0.3, -0.25) is 0 Å². The average Bonchev–Trinajstić information content (AvgIpc) is 2.48. The summed E-state index contributed by atoms with van der Waals surface area (Å²) in [5.74, 6) is 0.838. The molecule has 2 rings (SSSR count). The fraction of sp³-hybridized carbons (Fsp3) is 0.294. The molecule has 112 valence electrons. The van der Waals surface area contributed by atoms with Gasteiger partial charge in [0.1, 0.15) is 5.75 Å². The van der Waals surface area contributed by atoms with Crippen LogP contribution in [0.1, 0.15) is 24.1 Å². The molecule has 0 aliphatic rings. The largest absolute Gasteiger partial charge is 0.496 e. The number of anilines is 1. The van der Waals surface area contributed by atoms with Crippen LogP contribution < -0.4 is 15.4 Å². The van der Waals surface area contributed by atoms with E-state index in [0.717, 1.165) is 28.0 Å². The first-order valence-corrected chi connectivity index (χ1v) is 7.70. The molecule has 0 radical (unpaired) electrons. The van der Waals surface area contributed by atoms with E-state index < -0.39 is 0 Å². The van der Waals surface area contributed by atoms with E-state index in [1.807, 2.05) is 19.1 Å². The van der Waals surface area contributed by atoms with Gasteiger partial charge in [0, 0.05) is 35.4 Å². The fourth-order valence-electron chi connectivity index (χ4n) is 2.45. The first-order chi connectivity index (χ1) is 10.0. The van der Waals surface area contributed by atoms with Crippen molar-refractivity contribution in [1.29, 1.82) is 0 Å². The van der Waals surface area contributed by atoms with E-state index in [-0.39, 0.29) is 6.04 Å². The molecule has 0 aliphatic heterocycles. The van der Waals surface area contributed by atoms with Crippen molar-refractivity contribution in [3.05, 3.63) is 58.1 Å². The highest BCUT2D eigenvalue weighted by molar-refractivity contribution is 9.10. The van der Waals surface area contributed by atoms with E-state index in [2.05, 4.69) is 58.2 Å². The Morgan fingerprint density at radius 2 is 1.86 bits per heavy atom. The minimum Gasteiger partial charge on any atom is -0.496 e. The van der Waals surface area contributed by atoms with Gasteiger partial charge in [-0.15, -0.1) is 0 Å². The van der Waals surface area contributed by atoms with Crippen LogP contribution in [0.2, 0.25) is 0 Å². The van der Waals surface area contributed by atoms with Crippen LogP contribution in [-0.2, 0) is 6.54 Å². The van der Waals surface area contributed by atoms with E-state index in [0.29, 0.717) is 0 Å². The molecule has 0 bridgehead atoms. The minimum atomic E-state index is -0.0801. The van der Waals surface area contributed by atoms with Crippen molar-refractivity contribution in [1.82, 2.24) is 0 Å². The third-order valence-corrected chi connectivity index (χ3v) is 3.99. The number of hydrogen-bond donors (Lipinski definition) is 1. The molecule has 0 amide bonds. The van der Waals surface area contributed by atoms with E-state index in [1.54, 1.807) is 7.11 Å². The monoisotopic (exact) mass is 348 g/mol. The molecule has 2 aromatic rings. The molecule has 0 fully saturated rings. The molecule has 2 aromatic carbocycles. The van der Waals surface area contributed by atoms with Crippen molar-refractivity contribution in [3.8, 4) is 5.75 Å². The average molecular weight is 349 g/mol. The highest BCUT2D eigenvalue weighted by atomic mass is 79.9. The van der Waals surface area contributed by atoms with Crippen LogP contribution in [0.3, 0.4) is 0 Å². The van der Waals surface area contributed by atoms with E-state index in [1.165, 1.54) is 5.56 Å². The fourth-order valence-corrected chi connectivity index (χ4v) is 2.71. The summed E-state index contributed by atoms with van der Waals surface area (Å²) in [7, 11) is 3.75. The molecule has 1 atom stereocenters. The maximum Gasteiger partial charge on any atom is 0.125 e. The first-order valence-electron chi connectivity index (χ1n) is 6.91. The SMILES string of the molecule is COc1cccc(N(C)Cc2ccc(Br)cc2)c1[C@@H](C)N. The second-order valence-electron chi connectivity index (χ2n) is 5.16. The Morgan fingerprint density at radius 1 is 1.19 bits per heavy atom. The lowest BCUT2D eigenvalue weighted by Crippen LogP contribution is -2.20. The van der Waals surface area contributed by atoms with Crippen LogP contribution in [0.4, 0.5) is 5.69 Å². The molecule has 0 unspecified atom stereocenters. The van der Waals surface area contributed by atoms with E-state index in [9.17, 15) is 0 Å². The van der Waals surface area contributed by atoms with Gasteiger partial charge >= 0.3 is 0 Å². The van der Waals surface area contributed by atoms with Crippen LogP contribution in [0.25, 0.3) is 0 Å². The Kier molecular flexibility index (Phi) is 5.26. The molecule has 0 heterocycles. The smallest absolute Gasteiger partial charge is 0.125 e. The summed E-state index contributed by atoms with van der Waals surface area (Å²) in [6, 6.07) is 14.3.